The minimum Gasteiger partial charge on any atom is -0.365 e. The third-order valence-corrected chi connectivity index (χ3v) is 9.92. The van der Waals surface area contributed by atoms with E-state index < -0.39 is 15.7 Å². The van der Waals surface area contributed by atoms with Crippen LogP contribution in [0.1, 0.15) is 20.8 Å². The Hall–Kier alpha value is -4.52. The van der Waals surface area contributed by atoms with Crippen molar-refractivity contribution in [2.75, 3.05) is 37.3 Å². The Morgan fingerprint density at radius 1 is 0.909 bits per heavy atom. The zero-order valence-corrected chi connectivity index (χ0v) is 25.9. The first-order chi connectivity index (χ1) is 21.1. The number of piperazine rings is 1. The van der Waals surface area contributed by atoms with Crippen LogP contribution >= 0.6 is 22.9 Å². The lowest BCUT2D eigenvalue weighted by Crippen LogP contribution is -2.49. The normalized spacial score (nSPS) is 13.7. The lowest BCUT2D eigenvalue weighted by atomic mass is 10.2. The highest BCUT2D eigenvalue weighted by molar-refractivity contribution is 7.90. The highest BCUT2D eigenvalue weighted by Crippen LogP contribution is 2.37. The van der Waals surface area contributed by atoms with Crippen LogP contribution in [0.25, 0.3) is 26.7 Å². The molecule has 2 aromatic carbocycles. The molecule has 44 heavy (non-hydrogen) atoms. The molecule has 0 saturated carbocycles. The molecule has 0 atom stereocenters. The highest BCUT2D eigenvalue weighted by atomic mass is 35.5. The number of rotatable bonds is 7. The molecule has 10 nitrogen and oxygen atoms in total. The third-order valence-electron chi connectivity index (χ3n) is 7.33. The molecular weight excluding hydrogens is 620 g/mol. The third kappa shape index (κ3) is 5.83. The Bertz CT molecular complexity index is 2000. The van der Waals surface area contributed by atoms with Gasteiger partial charge in [-0.1, -0.05) is 35.9 Å². The van der Waals surface area contributed by atoms with Crippen LogP contribution < -0.4 is 10.6 Å². The number of carbonyl (C=O) groups is 2. The number of para-hydroxylation sites is 1. The zero-order chi connectivity index (χ0) is 31.0. The fraction of sp³-hybridized carbons (Fsp3) is 0.161. The van der Waals surface area contributed by atoms with Crippen molar-refractivity contribution in [1.82, 2.24) is 19.7 Å². The minimum absolute atomic E-state index is 0.231. The molecule has 4 heterocycles. The average Bonchev–Trinajstić information content (AvgIpc) is 3.69. The number of carbonyl (C=O) groups excluding carboxylic acids is 2. The SMILES string of the molecule is CS(=O)(=O)c1cccc(-c2ccc(-c3cc(C(=O)N4CCN(c5ncccc5C(N)=O)CC4)nn3-c3ccccc3Cl)s2)c1. The summed E-state index contributed by atoms with van der Waals surface area (Å²) in [6, 6.07) is 23.0. The standard InChI is InChI=1S/C31H27ClN6O4S2/c1-44(41,42)21-7-4-6-20(18-21)27-11-12-28(43-27)26-19-24(35-38(26)25-10-3-2-9-23(25)32)31(40)37-16-14-36(15-17-37)30-22(29(33)39)8-5-13-34-30/h2-13,18-19H,14-17H2,1H3,(H2,33,39). The molecule has 1 aliphatic rings. The second-order valence-electron chi connectivity index (χ2n) is 10.3. The Morgan fingerprint density at radius 2 is 1.66 bits per heavy atom. The monoisotopic (exact) mass is 646 g/mol. The minimum atomic E-state index is -3.36. The van der Waals surface area contributed by atoms with Crippen LogP contribution in [-0.2, 0) is 9.84 Å². The summed E-state index contributed by atoms with van der Waals surface area (Å²) < 4.78 is 25.9. The van der Waals surface area contributed by atoms with Crippen molar-refractivity contribution < 1.29 is 18.0 Å². The largest absolute Gasteiger partial charge is 0.365 e. The quantitative estimate of drug-likeness (QED) is 0.269. The van der Waals surface area contributed by atoms with E-state index in [1.807, 2.05) is 41.3 Å². The predicted octanol–water partition coefficient (Wildman–Crippen LogP) is 4.78. The maximum absolute atomic E-state index is 13.7. The number of primary amides is 1. The van der Waals surface area contributed by atoms with Crippen LogP contribution in [0.5, 0.6) is 0 Å². The lowest BCUT2D eigenvalue weighted by Gasteiger charge is -2.35. The number of aromatic nitrogens is 3. The summed E-state index contributed by atoms with van der Waals surface area (Å²) in [5, 5.41) is 5.19. The van der Waals surface area contributed by atoms with Gasteiger partial charge < -0.3 is 15.5 Å². The molecule has 0 bridgehead atoms. The summed E-state index contributed by atoms with van der Waals surface area (Å²) in [5.74, 6) is -0.275. The molecule has 2 N–H and O–H groups in total. The molecule has 13 heteroatoms. The van der Waals surface area contributed by atoms with E-state index in [0.717, 1.165) is 15.3 Å². The van der Waals surface area contributed by atoms with E-state index in [0.29, 0.717) is 54.0 Å². The number of nitrogens with zero attached hydrogens (tertiary/aromatic N) is 5. The smallest absolute Gasteiger partial charge is 0.274 e. The fourth-order valence-electron chi connectivity index (χ4n) is 5.10. The Balaban J connectivity index is 1.31. The molecule has 1 saturated heterocycles. The molecule has 5 aromatic rings. The maximum atomic E-state index is 13.7. The lowest BCUT2D eigenvalue weighted by molar-refractivity contribution is 0.0739. The summed E-state index contributed by atoms with van der Waals surface area (Å²) in [7, 11) is -3.36. The highest BCUT2D eigenvalue weighted by Gasteiger charge is 2.28. The molecule has 1 fully saturated rings. The number of sulfone groups is 1. The molecule has 3 aromatic heterocycles. The number of amides is 2. The summed E-state index contributed by atoms with van der Waals surface area (Å²) in [6.07, 6.45) is 2.80. The molecule has 0 spiro atoms. The molecule has 1 aliphatic heterocycles. The maximum Gasteiger partial charge on any atom is 0.274 e. The van der Waals surface area contributed by atoms with Crippen LogP contribution in [0.2, 0.25) is 5.02 Å². The van der Waals surface area contributed by atoms with Gasteiger partial charge in [0, 0.05) is 43.5 Å². The number of pyridine rings is 1. The number of anilines is 1. The van der Waals surface area contributed by atoms with Crippen molar-refractivity contribution in [2.45, 2.75) is 4.90 Å². The van der Waals surface area contributed by atoms with Crippen molar-refractivity contribution in [1.29, 1.82) is 0 Å². The Morgan fingerprint density at radius 3 is 2.39 bits per heavy atom. The molecule has 0 unspecified atom stereocenters. The second-order valence-corrected chi connectivity index (χ2v) is 13.8. The number of halogens is 1. The summed E-state index contributed by atoms with van der Waals surface area (Å²) >= 11 is 8.03. The average molecular weight is 647 g/mol. The van der Waals surface area contributed by atoms with Crippen molar-refractivity contribution in [3.63, 3.8) is 0 Å². The van der Waals surface area contributed by atoms with Gasteiger partial charge in [0.2, 0.25) is 0 Å². The van der Waals surface area contributed by atoms with E-state index in [9.17, 15) is 18.0 Å². The van der Waals surface area contributed by atoms with Gasteiger partial charge in [-0.15, -0.1) is 11.3 Å². The van der Waals surface area contributed by atoms with Gasteiger partial charge in [-0.3, -0.25) is 9.59 Å². The molecule has 6 rings (SSSR count). The number of thiophene rings is 1. The summed E-state index contributed by atoms with van der Waals surface area (Å²) in [6.45, 7) is 1.76. The van der Waals surface area contributed by atoms with Crippen molar-refractivity contribution in [3.8, 4) is 26.7 Å². The van der Waals surface area contributed by atoms with Gasteiger partial charge in [0.05, 0.1) is 31.7 Å². The Kier molecular flexibility index (Phi) is 7.97. The number of hydrogen-bond acceptors (Lipinski definition) is 8. The first-order valence-corrected chi connectivity index (χ1v) is 16.7. The molecular formula is C31H27ClN6O4S2. The van der Waals surface area contributed by atoms with E-state index in [2.05, 4.69) is 4.98 Å². The summed E-state index contributed by atoms with van der Waals surface area (Å²) in [5.41, 5.74) is 8.21. The van der Waals surface area contributed by atoms with Crippen molar-refractivity contribution in [3.05, 3.63) is 101 Å². The molecule has 2 amide bonds. The van der Waals surface area contributed by atoms with Crippen LogP contribution in [-0.4, -0.2) is 72.3 Å². The van der Waals surface area contributed by atoms with E-state index in [4.69, 9.17) is 22.4 Å². The van der Waals surface area contributed by atoms with Crippen LogP contribution in [0.3, 0.4) is 0 Å². The van der Waals surface area contributed by atoms with Crippen molar-refractivity contribution >= 4 is 50.4 Å². The molecule has 0 radical (unpaired) electrons. The van der Waals surface area contributed by atoms with Gasteiger partial charge in [-0.05, 0) is 60.2 Å². The predicted molar refractivity (Wildman–Crippen MR) is 171 cm³/mol. The van der Waals surface area contributed by atoms with Crippen molar-refractivity contribution in [2.24, 2.45) is 5.73 Å². The van der Waals surface area contributed by atoms with Gasteiger partial charge in [0.15, 0.2) is 15.5 Å². The molecule has 0 aliphatic carbocycles. The van der Waals surface area contributed by atoms with Gasteiger partial charge in [-0.2, -0.15) is 5.10 Å². The van der Waals surface area contributed by atoms with Crippen LogP contribution in [0.4, 0.5) is 5.82 Å². The van der Waals surface area contributed by atoms with E-state index >= 15 is 0 Å². The topological polar surface area (TPSA) is 131 Å². The van der Waals surface area contributed by atoms with E-state index in [-0.39, 0.29) is 16.5 Å². The number of hydrogen-bond donors (Lipinski definition) is 1. The number of nitrogens with two attached hydrogens (primary N) is 1. The van der Waals surface area contributed by atoms with Gasteiger partial charge >= 0.3 is 0 Å². The summed E-state index contributed by atoms with van der Waals surface area (Å²) in [4.78, 5) is 35.6. The van der Waals surface area contributed by atoms with E-state index in [1.165, 1.54) is 17.6 Å². The fourth-order valence-corrected chi connectivity index (χ4v) is 6.99. The van der Waals surface area contributed by atoms with Crippen LogP contribution in [0.15, 0.2) is 90.0 Å². The second kappa shape index (κ2) is 11.9. The van der Waals surface area contributed by atoms with E-state index in [1.54, 1.807) is 58.2 Å². The Labute approximate surface area is 263 Å². The zero-order valence-electron chi connectivity index (χ0n) is 23.6. The van der Waals surface area contributed by atoms with Gasteiger partial charge in [0.25, 0.3) is 11.8 Å². The number of benzene rings is 2. The van der Waals surface area contributed by atoms with Gasteiger partial charge in [0.1, 0.15) is 5.82 Å². The van der Waals surface area contributed by atoms with Crippen LogP contribution in [0, 0.1) is 0 Å². The molecule has 224 valence electrons. The first kappa shape index (κ1) is 29.5. The van der Waals surface area contributed by atoms with Gasteiger partial charge in [-0.25, -0.2) is 18.1 Å². The first-order valence-electron chi connectivity index (χ1n) is 13.6.